The number of nitrogens with zero attached hydrogens (tertiary/aromatic N) is 1. The average Bonchev–Trinajstić information content (AvgIpc) is 2.30. The van der Waals surface area contributed by atoms with Crippen molar-refractivity contribution >= 4 is 17.3 Å². The first-order valence-corrected chi connectivity index (χ1v) is 5.02. The average molecular weight is 234 g/mol. The van der Waals surface area contributed by atoms with Crippen LogP contribution in [0.15, 0.2) is 53.7 Å². The molecule has 0 aliphatic carbocycles. The molecule has 0 unspecified atom stereocenters. The number of rotatable bonds is 3. The standard InChI is InChI=1S/C12H8ClNO2/c13-9-2-1-3-12(8-9)16-11-6-4-10(14-15)5-7-11/h1-8H. The molecule has 16 heavy (non-hydrogen) atoms. The van der Waals surface area contributed by atoms with Gasteiger partial charge in [-0.05, 0) is 47.6 Å². The van der Waals surface area contributed by atoms with E-state index in [4.69, 9.17) is 16.3 Å². The fraction of sp³-hybridized carbons (Fsp3) is 0. The Bertz CT molecular complexity index is 497. The number of hydrogen-bond donors (Lipinski definition) is 0. The maximum Gasteiger partial charge on any atom is 0.128 e. The summed E-state index contributed by atoms with van der Waals surface area (Å²) in [7, 11) is 0. The SMILES string of the molecule is O=Nc1ccc(Oc2cccc(Cl)c2)cc1. The molecule has 0 bridgehead atoms. The summed E-state index contributed by atoms with van der Waals surface area (Å²) < 4.78 is 5.53. The van der Waals surface area contributed by atoms with Crippen molar-refractivity contribution < 1.29 is 4.74 Å². The maximum atomic E-state index is 10.2. The van der Waals surface area contributed by atoms with Gasteiger partial charge in [0, 0.05) is 5.02 Å². The highest BCUT2D eigenvalue weighted by atomic mass is 35.5. The number of hydrogen-bond acceptors (Lipinski definition) is 3. The predicted octanol–water partition coefficient (Wildman–Crippen LogP) is 4.53. The quantitative estimate of drug-likeness (QED) is 0.731. The largest absolute Gasteiger partial charge is 0.457 e. The van der Waals surface area contributed by atoms with Crippen LogP contribution in [0.4, 0.5) is 5.69 Å². The zero-order chi connectivity index (χ0) is 11.4. The van der Waals surface area contributed by atoms with Crippen LogP contribution < -0.4 is 4.74 Å². The van der Waals surface area contributed by atoms with Gasteiger partial charge in [0.1, 0.15) is 17.2 Å². The van der Waals surface area contributed by atoms with Crippen molar-refractivity contribution in [1.29, 1.82) is 0 Å². The molecule has 0 atom stereocenters. The first-order chi connectivity index (χ1) is 7.78. The van der Waals surface area contributed by atoms with E-state index in [1.54, 1.807) is 48.5 Å². The van der Waals surface area contributed by atoms with E-state index in [0.29, 0.717) is 22.2 Å². The normalized spacial score (nSPS) is 9.81. The van der Waals surface area contributed by atoms with Crippen molar-refractivity contribution in [1.82, 2.24) is 0 Å². The number of nitroso groups, excluding NO2 is 1. The van der Waals surface area contributed by atoms with E-state index in [9.17, 15) is 4.91 Å². The zero-order valence-corrected chi connectivity index (χ0v) is 9.02. The molecular weight excluding hydrogens is 226 g/mol. The van der Waals surface area contributed by atoms with Gasteiger partial charge in [0.15, 0.2) is 0 Å². The summed E-state index contributed by atoms with van der Waals surface area (Å²) in [6.07, 6.45) is 0. The lowest BCUT2D eigenvalue weighted by atomic mass is 10.3. The molecule has 0 saturated carbocycles. The summed E-state index contributed by atoms with van der Waals surface area (Å²) in [5, 5.41) is 3.42. The van der Waals surface area contributed by atoms with Crippen LogP contribution in [0.1, 0.15) is 0 Å². The lowest BCUT2D eigenvalue weighted by Gasteiger charge is -2.05. The summed E-state index contributed by atoms with van der Waals surface area (Å²) in [6.45, 7) is 0. The summed E-state index contributed by atoms with van der Waals surface area (Å²) in [4.78, 5) is 10.2. The molecule has 0 radical (unpaired) electrons. The van der Waals surface area contributed by atoms with Gasteiger partial charge in [-0.2, -0.15) is 0 Å². The third-order valence-electron chi connectivity index (χ3n) is 1.97. The smallest absolute Gasteiger partial charge is 0.128 e. The van der Waals surface area contributed by atoms with Gasteiger partial charge in [0.25, 0.3) is 0 Å². The van der Waals surface area contributed by atoms with Crippen molar-refractivity contribution in [3.63, 3.8) is 0 Å². The Hall–Kier alpha value is -1.87. The summed E-state index contributed by atoms with van der Waals surface area (Å²) in [5.41, 5.74) is 0.374. The molecule has 2 rings (SSSR count). The van der Waals surface area contributed by atoms with Crippen molar-refractivity contribution in [3.05, 3.63) is 58.5 Å². The van der Waals surface area contributed by atoms with Gasteiger partial charge in [0.05, 0.1) is 0 Å². The van der Waals surface area contributed by atoms with Gasteiger partial charge in [0.2, 0.25) is 0 Å². The van der Waals surface area contributed by atoms with Crippen LogP contribution in [0.5, 0.6) is 11.5 Å². The highest BCUT2D eigenvalue weighted by Gasteiger charge is 1.98. The van der Waals surface area contributed by atoms with E-state index in [1.165, 1.54) is 0 Å². The monoisotopic (exact) mass is 233 g/mol. The van der Waals surface area contributed by atoms with E-state index in [0.717, 1.165) is 0 Å². The molecule has 0 heterocycles. The highest BCUT2D eigenvalue weighted by molar-refractivity contribution is 6.30. The fourth-order valence-corrected chi connectivity index (χ4v) is 1.42. The number of benzene rings is 2. The van der Waals surface area contributed by atoms with Gasteiger partial charge in [-0.1, -0.05) is 17.7 Å². The number of ether oxygens (including phenoxy) is 1. The Labute approximate surface area is 97.6 Å². The van der Waals surface area contributed by atoms with E-state index >= 15 is 0 Å². The lowest BCUT2D eigenvalue weighted by molar-refractivity contribution is 0.483. The zero-order valence-electron chi connectivity index (χ0n) is 8.26. The molecule has 2 aromatic rings. The molecule has 0 saturated heterocycles. The molecule has 0 spiro atoms. The minimum Gasteiger partial charge on any atom is -0.457 e. The summed E-state index contributed by atoms with van der Waals surface area (Å²) >= 11 is 5.82. The lowest BCUT2D eigenvalue weighted by Crippen LogP contribution is -1.82. The van der Waals surface area contributed by atoms with Gasteiger partial charge >= 0.3 is 0 Å². The predicted molar refractivity (Wildman–Crippen MR) is 63.4 cm³/mol. The molecule has 0 N–H and O–H groups in total. The first kappa shape index (κ1) is 10.6. The summed E-state index contributed by atoms with van der Waals surface area (Å²) in [6, 6.07) is 13.6. The molecule has 0 amide bonds. The Balaban J connectivity index is 2.17. The minimum absolute atomic E-state index is 0.374. The van der Waals surface area contributed by atoms with Crippen molar-refractivity contribution in [2.45, 2.75) is 0 Å². The van der Waals surface area contributed by atoms with Crippen LogP contribution >= 0.6 is 11.6 Å². The molecule has 3 nitrogen and oxygen atoms in total. The van der Waals surface area contributed by atoms with E-state index in [1.807, 2.05) is 0 Å². The molecule has 0 fully saturated rings. The van der Waals surface area contributed by atoms with Crippen LogP contribution in [0.25, 0.3) is 0 Å². The van der Waals surface area contributed by atoms with Crippen molar-refractivity contribution in [2.75, 3.05) is 0 Å². The van der Waals surface area contributed by atoms with Crippen molar-refractivity contribution in [3.8, 4) is 11.5 Å². The summed E-state index contributed by atoms with van der Waals surface area (Å²) in [5.74, 6) is 1.29. The van der Waals surface area contributed by atoms with Crippen LogP contribution in [0, 0.1) is 4.91 Å². The molecular formula is C12H8ClNO2. The van der Waals surface area contributed by atoms with Gasteiger partial charge in [-0.3, -0.25) is 0 Å². The third kappa shape index (κ3) is 2.58. The van der Waals surface area contributed by atoms with Gasteiger partial charge in [-0.15, -0.1) is 4.91 Å². The maximum absolute atomic E-state index is 10.2. The Morgan fingerprint density at radius 2 is 1.75 bits per heavy atom. The molecule has 0 aliphatic heterocycles. The number of halogens is 1. The highest BCUT2D eigenvalue weighted by Crippen LogP contribution is 2.25. The molecule has 0 aliphatic rings. The van der Waals surface area contributed by atoms with E-state index in [-0.39, 0.29) is 0 Å². The molecule has 2 aromatic carbocycles. The second kappa shape index (κ2) is 4.77. The fourth-order valence-electron chi connectivity index (χ4n) is 1.24. The van der Waals surface area contributed by atoms with Gasteiger partial charge in [-0.25, -0.2) is 0 Å². The second-order valence-electron chi connectivity index (χ2n) is 3.14. The second-order valence-corrected chi connectivity index (χ2v) is 3.58. The molecule has 4 heteroatoms. The molecule has 0 aromatic heterocycles. The Morgan fingerprint density at radius 1 is 1.00 bits per heavy atom. The van der Waals surface area contributed by atoms with Crippen LogP contribution in [-0.2, 0) is 0 Å². The van der Waals surface area contributed by atoms with Gasteiger partial charge < -0.3 is 4.74 Å². The van der Waals surface area contributed by atoms with E-state index in [2.05, 4.69) is 5.18 Å². The topological polar surface area (TPSA) is 38.7 Å². The van der Waals surface area contributed by atoms with E-state index < -0.39 is 0 Å². The Morgan fingerprint density at radius 3 is 2.38 bits per heavy atom. The van der Waals surface area contributed by atoms with Crippen LogP contribution in [0.3, 0.4) is 0 Å². The molecule has 80 valence electrons. The Kier molecular flexibility index (Phi) is 3.17. The van der Waals surface area contributed by atoms with Crippen LogP contribution in [-0.4, -0.2) is 0 Å². The third-order valence-corrected chi connectivity index (χ3v) is 2.21. The first-order valence-electron chi connectivity index (χ1n) is 4.65. The minimum atomic E-state index is 0.374. The van der Waals surface area contributed by atoms with Crippen LogP contribution in [0.2, 0.25) is 5.02 Å². The van der Waals surface area contributed by atoms with Crippen molar-refractivity contribution in [2.24, 2.45) is 5.18 Å².